The number of nitrogens with zero attached hydrogens (tertiary/aromatic N) is 1. The fraction of sp³-hybridized carbons (Fsp3) is 0.211. The number of alkyl halides is 3. The van der Waals surface area contributed by atoms with Crippen LogP contribution in [0, 0.1) is 0 Å². The standard InChI is InChI=1S/C19H18F3N3O5/c1-28-14-6-7-15(16(9-14)29-2)25-18(27)11-30-23-10-17(26)24-13-5-3-4-12(8-13)19(20,21)22/h3-10H,11H2,1-2H3,(H,24,26)(H,25,27)/b23-10-. The number of carbonyl (C=O) groups is 2. The van der Waals surface area contributed by atoms with Crippen LogP contribution in [-0.2, 0) is 20.6 Å². The topological polar surface area (TPSA) is 98.3 Å². The minimum Gasteiger partial charge on any atom is -0.497 e. The summed E-state index contributed by atoms with van der Waals surface area (Å²) < 4.78 is 48.2. The molecule has 2 aromatic rings. The second-order valence-electron chi connectivity index (χ2n) is 5.69. The predicted octanol–water partition coefficient (Wildman–Crippen LogP) is 3.30. The van der Waals surface area contributed by atoms with Gasteiger partial charge in [0.2, 0.25) is 0 Å². The Morgan fingerprint density at radius 2 is 1.83 bits per heavy atom. The molecule has 30 heavy (non-hydrogen) atoms. The Balaban J connectivity index is 1.83. The van der Waals surface area contributed by atoms with Gasteiger partial charge in [0.1, 0.15) is 17.7 Å². The summed E-state index contributed by atoms with van der Waals surface area (Å²) in [5.41, 5.74) is -0.595. The summed E-state index contributed by atoms with van der Waals surface area (Å²) in [4.78, 5) is 28.3. The van der Waals surface area contributed by atoms with E-state index < -0.39 is 30.2 Å². The lowest BCUT2D eigenvalue weighted by atomic mass is 10.2. The van der Waals surface area contributed by atoms with E-state index in [9.17, 15) is 22.8 Å². The van der Waals surface area contributed by atoms with Gasteiger partial charge in [-0.3, -0.25) is 9.59 Å². The van der Waals surface area contributed by atoms with Crippen molar-refractivity contribution in [2.45, 2.75) is 6.18 Å². The van der Waals surface area contributed by atoms with Crippen LogP contribution >= 0.6 is 0 Å². The van der Waals surface area contributed by atoms with E-state index in [-0.39, 0.29) is 5.69 Å². The van der Waals surface area contributed by atoms with Crippen LogP contribution < -0.4 is 20.1 Å². The van der Waals surface area contributed by atoms with Gasteiger partial charge in [0, 0.05) is 11.8 Å². The SMILES string of the molecule is COc1ccc(NC(=O)CO/N=C\C(=O)Nc2cccc(C(F)(F)F)c2)c(OC)c1. The summed E-state index contributed by atoms with van der Waals surface area (Å²) >= 11 is 0. The molecule has 2 amide bonds. The lowest BCUT2D eigenvalue weighted by Gasteiger charge is -2.11. The number of carbonyl (C=O) groups excluding carboxylic acids is 2. The molecule has 0 spiro atoms. The highest BCUT2D eigenvalue weighted by atomic mass is 19.4. The first-order chi connectivity index (χ1) is 14.2. The van der Waals surface area contributed by atoms with Gasteiger partial charge in [0.05, 0.1) is 25.5 Å². The van der Waals surface area contributed by atoms with Gasteiger partial charge in [-0.1, -0.05) is 11.2 Å². The second-order valence-corrected chi connectivity index (χ2v) is 5.69. The molecule has 2 N–H and O–H groups in total. The summed E-state index contributed by atoms with van der Waals surface area (Å²) in [6.07, 6.45) is -3.83. The molecular weight excluding hydrogens is 407 g/mol. The number of amides is 2. The number of benzene rings is 2. The van der Waals surface area contributed by atoms with Gasteiger partial charge in [-0.2, -0.15) is 13.2 Å². The summed E-state index contributed by atoms with van der Waals surface area (Å²) in [5, 5.41) is 8.07. The van der Waals surface area contributed by atoms with Crippen molar-refractivity contribution in [3.05, 3.63) is 48.0 Å². The van der Waals surface area contributed by atoms with Crippen molar-refractivity contribution < 1.29 is 37.1 Å². The number of hydrogen-bond acceptors (Lipinski definition) is 6. The van der Waals surface area contributed by atoms with Crippen molar-refractivity contribution in [3.63, 3.8) is 0 Å². The van der Waals surface area contributed by atoms with Crippen LogP contribution in [0.15, 0.2) is 47.6 Å². The van der Waals surface area contributed by atoms with E-state index in [0.29, 0.717) is 23.4 Å². The normalized spacial score (nSPS) is 11.1. The Morgan fingerprint density at radius 3 is 2.50 bits per heavy atom. The average molecular weight is 425 g/mol. The molecule has 2 aromatic carbocycles. The molecule has 8 nitrogen and oxygen atoms in total. The van der Waals surface area contributed by atoms with Gasteiger partial charge in [0.15, 0.2) is 6.61 Å². The molecule has 0 bridgehead atoms. The zero-order chi connectivity index (χ0) is 22.1. The average Bonchev–Trinajstić information content (AvgIpc) is 2.71. The van der Waals surface area contributed by atoms with Gasteiger partial charge >= 0.3 is 6.18 Å². The molecule has 0 fully saturated rings. The van der Waals surface area contributed by atoms with Crippen molar-refractivity contribution in [3.8, 4) is 11.5 Å². The molecule has 2 rings (SSSR count). The number of ether oxygens (including phenoxy) is 2. The van der Waals surface area contributed by atoms with Crippen LogP contribution in [0.1, 0.15) is 5.56 Å². The zero-order valence-electron chi connectivity index (χ0n) is 15.9. The molecule has 0 saturated heterocycles. The van der Waals surface area contributed by atoms with Gasteiger partial charge in [0.25, 0.3) is 11.8 Å². The third kappa shape index (κ3) is 6.69. The maximum Gasteiger partial charge on any atom is 0.416 e. The highest BCUT2D eigenvalue weighted by molar-refractivity contribution is 6.31. The Morgan fingerprint density at radius 1 is 1.07 bits per heavy atom. The molecule has 0 aliphatic carbocycles. The molecule has 0 unspecified atom stereocenters. The van der Waals surface area contributed by atoms with Crippen molar-refractivity contribution in [2.75, 3.05) is 31.5 Å². The number of anilines is 2. The number of nitrogens with one attached hydrogen (secondary N) is 2. The monoisotopic (exact) mass is 425 g/mol. The van der Waals surface area contributed by atoms with Gasteiger partial charge in [-0.15, -0.1) is 0 Å². The Labute approximate surface area is 169 Å². The Hall–Kier alpha value is -3.76. The smallest absolute Gasteiger partial charge is 0.416 e. The molecule has 0 heterocycles. The molecule has 0 aliphatic rings. The summed E-state index contributed by atoms with van der Waals surface area (Å²) in [6.45, 7) is -0.511. The van der Waals surface area contributed by atoms with Crippen LogP contribution in [0.4, 0.5) is 24.5 Å². The number of oxime groups is 1. The van der Waals surface area contributed by atoms with E-state index in [0.717, 1.165) is 18.2 Å². The molecule has 0 aliphatic heterocycles. The van der Waals surface area contributed by atoms with Crippen molar-refractivity contribution >= 4 is 29.4 Å². The highest BCUT2D eigenvalue weighted by Gasteiger charge is 2.30. The van der Waals surface area contributed by atoms with E-state index in [1.54, 1.807) is 18.2 Å². The molecule has 0 atom stereocenters. The van der Waals surface area contributed by atoms with E-state index >= 15 is 0 Å². The number of methoxy groups -OCH3 is 2. The molecular formula is C19H18F3N3O5. The maximum absolute atomic E-state index is 12.7. The first-order valence-corrected chi connectivity index (χ1v) is 8.38. The third-order valence-electron chi connectivity index (χ3n) is 3.58. The predicted molar refractivity (Wildman–Crippen MR) is 103 cm³/mol. The van der Waals surface area contributed by atoms with E-state index in [1.165, 1.54) is 20.3 Å². The first-order valence-electron chi connectivity index (χ1n) is 8.38. The first kappa shape index (κ1) is 22.5. The molecule has 0 radical (unpaired) electrons. The quantitative estimate of drug-likeness (QED) is 0.500. The number of rotatable bonds is 8. The summed E-state index contributed by atoms with van der Waals surface area (Å²) in [7, 11) is 2.91. The van der Waals surface area contributed by atoms with E-state index in [4.69, 9.17) is 14.3 Å². The van der Waals surface area contributed by atoms with Gasteiger partial charge in [-0.05, 0) is 30.3 Å². The van der Waals surface area contributed by atoms with Crippen molar-refractivity contribution in [1.29, 1.82) is 0 Å². The summed E-state index contributed by atoms with van der Waals surface area (Å²) in [6, 6.07) is 8.87. The molecule has 11 heteroatoms. The van der Waals surface area contributed by atoms with Crippen LogP contribution in [0.2, 0.25) is 0 Å². The van der Waals surface area contributed by atoms with Crippen molar-refractivity contribution in [2.24, 2.45) is 5.16 Å². The second kappa shape index (κ2) is 10.1. The van der Waals surface area contributed by atoms with Crippen LogP contribution in [0.3, 0.4) is 0 Å². The maximum atomic E-state index is 12.7. The summed E-state index contributed by atoms with van der Waals surface area (Å²) in [5.74, 6) is -0.496. The molecule has 0 aromatic heterocycles. The van der Waals surface area contributed by atoms with Crippen molar-refractivity contribution in [1.82, 2.24) is 0 Å². The minimum atomic E-state index is -4.53. The van der Waals surface area contributed by atoms with Gasteiger partial charge < -0.3 is 24.9 Å². The number of hydrogen-bond donors (Lipinski definition) is 2. The van der Waals surface area contributed by atoms with E-state index in [2.05, 4.69) is 15.8 Å². The fourth-order valence-corrected chi connectivity index (χ4v) is 2.22. The van der Waals surface area contributed by atoms with Crippen LogP contribution in [0.25, 0.3) is 0 Å². The Bertz CT molecular complexity index is 932. The van der Waals surface area contributed by atoms with Crippen LogP contribution in [-0.4, -0.2) is 38.9 Å². The minimum absolute atomic E-state index is 0.0642. The highest BCUT2D eigenvalue weighted by Crippen LogP contribution is 2.30. The molecule has 0 saturated carbocycles. The lowest BCUT2D eigenvalue weighted by molar-refractivity contribution is -0.137. The number of halogens is 3. The Kier molecular flexibility index (Phi) is 7.62. The zero-order valence-corrected chi connectivity index (χ0v) is 15.9. The third-order valence-corrected chi connectivity index (χ3v) is 3.58. The largest absolute Gasteiger partial charge is 0.497 e. The van der Waals surface area contributed by atoms with E-state index in [1.807, 2.05) is 0 Å². The lowest BCUT2D eigenvalue weighted by Crippen LogP contribution is -2.18. The fourth-order valence-electron chi connectivity index (χ4n) is 2.22. The van der Waals surface area contributed by atoms with Crippen LogP contribution in [0.5, 0.6) is 11.5 Å². The molecule has 160 valence electrons. The van der Waals surface area contributed by atoms with Gasteiger partial charge in [-0.25, -0.2) is 0 Å².